The van der Waals surface area contributed by atoms with Gasteiger partial charge in [-0.25, -0.2) is 13.8 Å². The van der Waals surface area contributed by atoms with Crippen molar-refractivity contribution in [1.29, 1.82) is 0 Å². The molecule has 11 heteroatoms. The Morgan fingerprint density at radius 3 is 2.60 bits per heavy atom. The number of ether oxygens (including phenoxy) is 1. The van der Waals surface area contributed by atoms with Crippen LogP contribution in [0.3, 0.4) is 0 Å². The van der Waals surface area contributed by atoms with Crippen LogP contribution in [0, 0.1) is 23.5 Å². The molecule has 206 valence electrons. The van der Waals surface area contributed by atoms with E-state index >= 15 is 0 Å². The van der Waals surface area contributed by atoms with Crippen LogP contribution >= 0.6 is 0 Å². The normalized spacial score (nSPS) is 20.9. The Bertz CT molecular complexity index is 1570. The second-order valence-corrected chi connectivity index (χ2v) is 10.3. The van der Waals surface area contributed by atoms with Gasteiger partial charge in [-0.2, -0.15) is 0 Å². The van der Waals surface area contributed by atoms with Gasteiger partial charge in [-0.15, -0.1) is 0 Å². The number of hydrogen-bond acceptors (Lipinski definition) is 8. The molecular weight excluding hydrogens is 518 g/mol. The van der Waals surface area contributed by atoms with Gasteiger partial charge in [-0.05, 0) is 43.0 Å². The Labute approximate surface area is 229 Å². The van der Waals surface area contributed by atoms with Crippen molar-refractivity contribution in [1.82, 2.24) is 15.0 Å². The number of halogens is 2. The van der Waals surface area contributed by atoms with Crippen LogP contribution in [0.5, 0.6) is 5.75 Å². The third kappa shape index (κ3) is 4.93. The van der Waals surface area contributed by atoms with E-state index in [-0.39, 0.29) is 28.5 Å². The molecule has 1 aliphatic heterocycles. The maximum Gasteiger partial charge on any atom is 0.274 e. The van der Waals surface area contributed by atoms with Gasteiger partial charge in [0.15, 0.2) is 0 Å². The van der Waals surface area contributed by atoms with E-state index in [0.717, 1.165) is 30.7 Å². The second-order valence-electron chi connectivity index (χ2n) is 10.3. The van der Waals surface area contributed by atoms with Crippen molar-refractivity contribution in [3.05, 3.63) is 72.3 Å². The first-order valence-electron chi connectivity index (χ1n) is 13.1. The van der Waals surface area contributed by atoms with Gasteiger partial charge in [0.05, 0.1) is 47.4 Å². The third-order valence-corrected chi connectivity index (χ3v) is 7.66. The quantitative estimate of drug-likeness (QED) is 0.334. The van der Waals surface area contributed by atoms with Crippen molar-refractivity contribution in [3.63, 3.8) is 0 Å². The number of aliphatic hydroxyl groups excluding tert-OH is 1. The van der Waals surface area contributed by atoms with Crippen molar-refractivity contribution in [2.45, 2.75) is 25.0 Å². The van der Waals surface area contributed by atoms with E-state index in [0.29, 0.717) is 35.7 Å². The SMILES string of the molecule is COc1cc(F)c(-c2cnc3ccc(C(=O)Nc4cnccc4N4CC(N)C(O)C(C5CC5)C4)nc3c2)c(F)c1. The predicted molar refractivity (Wildman–Crippen MR) is 146 cm³/mol. The summed E-state index contributed by atoms with van der Waals surface area (Å²) in [5.41, 5.74) is 8.30. The number of nitrogens with zero attached hydrogens (tertiary/aromatic N) is 4. The number of hydrogen-bond donors (Lipinski definition) is 3. The number of aromatic nitrogens is 3. The van der Waals surface area contributed by atoms with Crippen LogP contribution in [0.2, 0.25) is 0 Å². The van der Waals surface area contributed by atoms with Gasteiger partial charge in [-0.3, -0.25) is 14.8 Å². The highest BCUT2D eigenvalue weighted by molar-refractivity contribution is 6.05. The van der Waals surface area contributed by atoms with Crippen LogP contribution in [0.15, 0.2) is 55.0 Å². The lowest BCUT2D eigenvalue weighted by Crippen LogP contribution is -2.57. The second kappa shape index (κ2) is 10.4. The van der Waals surface area contributed by atoms with E-state index in [2.05, 4.69) is 25.2 Å². The van der Waals surface area contributed by atoms with Crippen molar-refractivity contribution < 1.29 is 23.4 Å². The summed E-state index contributed by atoms with van der Waals surface area (Å²) in [6.45, 7) is 1.08. The van der Waals surface area contributed by atoms with E-state index in [1.54, 1.807) is 18.5 Å². The molecule has 3 aromatic heterocycles. The molecule has 0 radical (unpaired) electrons. The zero-order chi connectivity index (χ0) is 28.0. The Morgan fingerprint density at radius 1 is 1.10 bits per heavy atom. The first-order chi connectivity index (χ1) is 19.3. The van der Waals surface area contributed by atoms with Gasteiger partial charge >= 0.3 is 0 Å². The molecule has 1 amide bonds. The lowest BCUT2D eigenvalue weighted by atomic mass is 9.87. The summed E-state index contributed by atoms with van der Waals surface area (Å²) in [5.74, 6) is -1.49. The topological polar surface area (TPSA) is 126 Å². The lowest BCUT2D eigenvalue weighted by Gasteiger charge is -2.42. The maximum atomic E-state index is 14.7. The number of amides is 1. The van der Waals surface area contributed by atoms with E-state index in [1.165, 1.54) is 25.4 Å². The van der Waals surface area contributed by atoms with E-state index in [4.69, 9.17) is 10.5 Å². The number of rotatable bonds is 6. The molecule has 4 heterocycles. The van der Waals surface area contributed by atoms with Crippen LogP contribution in [0.4, 0.5) is 20.2 Å². The molecular formula is C29H28F2N6O3. The van der Waals surface area contributed by atoms with Crippen LogP contribution in [-0.2, 0) is 0 Å². The molecule has 40 heavy (non-hydrogen) atoms. The minimum atomic E-state index is -0.801. The van der Waals surface area contributed by atoms with Crippen LogP contribution in [0.25, 0.3) is 22.2 Å². The number of piperidine rings is 1. The van der Waals surface area contributed by atoms with Crippen molar-refractivity contribution in [3.8, 4) is 16.9 Å². The molecule has 1 aliphatic carbocycles. The van der Waals surface area contributed by atoms with Crippen molar-refractivity contribution in [2.24, 2.45) is 17.6 Å². The van der Waals surface area contributed by atoms with Gasteiger partial charge in [0.2, 0.25) is 0 Å². The molecule has 1 saturated heterocycles. The Balaban J connectivity index is 1.27. The fraction of sp³-hybridized carbons (Fsp3) is 0.310. The standard InChI is InChI=1S/C29H28F2N6O3/c1-40-17-9-19(30)27(20(31)10-17)16-8-24-22(34-11-16)4-5-23(35-24)29(39)36-25-12-33-7-6-26(25)37-13-18(15-2-3-15)28(38)21(32)14-37/h4-12,15,18,21,28,38H,2-3,13-14,32H2,1H3,(H,36,39). The molecule has 0 spiro atoms. The Hall–Kier alpha value is -4.22. The van der Waals surface area contributed by atoms with Crippen molar-refractivity contribution in [2.75, 3.05) is 30.4 Å². The van der Waals surface area contributed by atoms with E-state index < -0.39 is 29.7 Å². The van der Waals surface area contributed by atoms with E-state index in [9.17, 15) is 18.7 Å². The number of fused-ring (bicyclic) bond motifs is 1. The number of carbonyl (C=O) groups excluding carboxylic acids is 1. The monoisotopic (exact) mass is 546 g/mol. The average molecular weight is 547 g/mol. The maximum absolute atomic E-state index is 14.7. The molecule has 3 unspecified atom stereocenters. The Kier molecular flexibility index (Phi) is 6.77. The molecule has 2 fully saturated rings. The molecule has 2 aliphatic rings. The number of anilines is 2. The largest absolute Gasteiger partial charge is 0.497 e. The predicted octanol–water partition coefficient (Wildman–Crippen LogP) is 3.77. The molecule has 6 rings (SSSR count). The number of nitrogens with one attached hydrogen (secondary N) is 1. The number of methoxy groups -OCH3 is 1. The number of aliphatic hydroxyl groups is 1. The summed E-state index contributed by atoms with van der Waals surface area (Å²) in [5, 5.41) is 13.5. The molecule has 4 aromatic rings. The smallest absolute Gasteiger partial charge is 0.274 e. The summed E-state index contributed by atoms with van der Waals surface area (Å²) in [6, 6.07) is 8.23. The number of pyridine rings is 3. The fourth-order valence-electron chi connectivity index (χ4n) is 5.42. The van der Waals surface area contributed by atoms with Gasteiger partial charge in [0.25, 0.3) is 5.91 Å². The van der Waals surface area contributed by atoms with Crippen molar-refractivity contribution >= 4 is 28.3 Å². The minimum absolute atomic E-state index is 0.0603. The molecule has 9 nitrogen and oxygen atoms in total. The molecule has 1 aromatic carbocycles. The molecule has 1 saturated carbocycles. The molecule has 3 atom stereocenters. The lowest BCUT2D eigenvalue weighted by molar-refractivity contribution is 0.0594. The third-order valence-electron chi connectivity index (χ3n) is 7.66. The summed E-state index contributed by atoms with van der Waals surface area (Å²) in [6.07, 6.45) is 6.19. The first-order valence-corrected chi connectivity index (χ1v) is 13.1. The summed E-state index contributed by atoms with van der Waals surface area (Å²) < 4.78 is 34.3. The van der Waals surface area contributed by atoms with Gasteiger partial charge in [-0.1, -0.05) is 0 Å². The summed E-state index contributed by atoms with van der Waals surface area (Å²) in [4.78, 5) is 28.2. The number of nitrogens with two attached hydrogens (primary N) is 1. The van der Waals surface area contributed by atoms with Gasteiger partial charge < -0.3 is 25.8 Å². The van der Waals surface area contributed by atoms with Crippen LogP contribution < -0.4 is 20.7 Å². The van der Waals surface area contributed by atoms with Crippen LogP contribution in [0.1, 0.15) is 23.3 Å². The molecule has 4 N–H and O–H groups in total. The fourth-order valence-corrected chi connectivity index (χ4v) is 5.42. The van der Waals surface area contributed by atoms with Gasteiger partial charge in [0.1, 0.15) is 23.1 Å². The summed E-state index contributed by atoms with van der Waals surface area (Å²) in [7, 11) is 1.33. The van der Waals surface area contributed by atoms with E-state index in [1.807, 2.05) is 6.07 Å². The highest BCUT2D eigenvalue weighted by Gasteiger charge is 2.43. The number of benzene rings is 1. The number of carbonyl (C=O) groups is 1. The van der Waals surface area contributed by atoms with Gasteiger partial charge in [0, 0.05) is 55.1 Å². The van der Waals surface area contributed by atoms with Crippen LogP contribution in [-0.4, -0.2) is 58.3 Å². The molecule has 0 bridgehead atoms. The zero-order valence-electron chi connectivity index (χ0n) is 21.7. The first kappa shape index (κ1) is 26.0. The Morgan fingerprint density at radius 2 is 1.88 bits per heavy atom. The average Bonchev–Trinajstić information content (AvgIpc) is 3.79. The highest BCUT2D eigenvalue weighted by Crippen LogP contribution is 2.42. The summed E-state index contributed by atoms with van der Waals surface area (Å²) >= 11 is 0. The highest BCUT2D eigenvalue weighted by atomic mass is 19.1. The zero-order valence-corrected chi connectivity index (χ0v) is 21.7. The minimum Gasteiger partial charge on any atom is -0.497 e.